The number of hydrogen-bond acceptors (Lipinski definition) is 5. The Morgan fingerprint density at radius 1 is 1.16 bits per heavy atom. The smallest absolute Gasteiger partial charge is 0.347 e. The van der Waals surface area contributed by atoms with Crippen LogP contribution in [0, 0.1) is 6.92 Å². The summed E-state index contributed by atoms with van der Waals surface area (Å²) in [5.74, 6) is -1.41. The summed E-state index contributed by atoms with van der Waals surface area (Å²) in [5, 5.41) is 10.5. The number of aromatic nitrogens is 4. The Hall–Kier alpha value is -3.93. The van der Waals surface area contributed by atoms with E-state index >= 15 is 0 Å². The van der Waals surface area contributed by atoms with Gasteiger partial charge in [0.05, 0.1) is 17.7 Å². The molecule has 198 valence electrons. The molecule has 38 heavy (non-hydrogen) atoms. The molecule has 5 rings (SSSR count). The van der Waals surface area contributed by atoms with Gasteiger partial charge >= 0.3 is 6.18 Å². The number of nitrogens with one attached hydrogen (secondary N) is 2. The Morgan fingerprint density at radius 3 is 2.68 bits per heavy atom. The average Bonchev–Trinajstić information content (AvgIpc) is 3.46. The number of aromatic amines is 1. The van der Waals surface area contributed by atoms with E-state index in [1.165, 1.54) is 29.3 Å². The van der Waals surface area contributed by atoms with Gasteiger partial charge in [-0.05, 0) is 36.8 Å². The minimum absolute atomic E-state index is 0.0180. The van der Waals surface area contributed by atoms with Gasteiger partial charge in [-0.3, -0.25) is 19.8 Å². The van der Waals surface area contributed by atoms with E-state index < -0.39 is 42.6 Å². The highest BCUT2D eigenvalue weighted by Gasteiger charge is 2.41. The summed E-state index contributed by atoms with van der Waals surface area (Å²) >= 11 is 0. The van der Waals surface area contributed by atoms with E-state index in [4.69, 9.17) is 0 Å². The van der Waals surface area contributed by atoms with Crippen molar-refractivity contribution in [3.8, 4) is 11.3 Å². The Morgan fingerprint density at radius 2 is 1.95 bits per heavy atom. The molecule has 12 heteroatoms. The average molecular weight is 531 g/mol. The van der Waals surface area contributed by atoms with Crippen LogP contribution < -0.4 is 5.32 Å². The Balaban J connectivity index is 1.45. The summed E-state index contributed by atoms with van der Waals surface area (Å²) in [4.78, 5) is 23.1. The van der Waals surface area contributed by atoms with Crippen molar-refractivity contribution < 1.29 is 26.7 Å². The number of nitrogens with zero attached hydrogens (tertiary/aromatic N) is 4. The van der Waals surface area contributed by atoms with Crippen LogP contribution in [0.4, 0.5) is 22.0 Å². The quantitative estimate of drug-likeness (QED) is 0.350. The second kappa shape index (κ2) is 10.1. The summed E-state index contributed by atoms with van der Waals surface area (Å²) in [6.07, 6.45) is -4.31. The van der Waals surface area contributed by atoms with Gasteiger partial charge in [-0.1, -0.05) is 18.2 Å². The third-order valence-corrected chi connectivity index (χ3v) is 6.62. The van der Waals surface area contributed by atoms with Crippen LogP contribution in [-0.4, -0.2) is 63.1 Å². The van der Waals surface area contributed by atoms with Gasteiger partial charge in [0.1, 0.15) is 5.69 Å². The Labute approximate surface area is 214 Å². The number of aryl methyl sites for hydroxylation is 1. The molecule has 1 saturated heterocycles. The van der Waals surface area contributed by atoms with Crippen LogP contribution in [0.5, 0.6) is 0 Å². The number of benzene rings is 1. The maximum atomic E-state index is 13.7. The van der Waals surface area contributed by atoms with Crippen molar-refractivity contribution in [2.45, 2.75) is 31.5 Å². The van der Waals surface area contributed by atoms with Crippen molar-refractivity contribution in [2.75, 3.05) is 19.6 Å². The Kier molecular flexibility index (Phi) is 6.82. The zero-order valence-electron chi connectivity index (χ0n) is 20.1. The standard InChI is InChI=1S/C26H23F5N6O/c1-14-8-15(6-7-32-14)23-18-9-16(10-33-24(18)36-35-23)25(38)34-21-12-37(13-22(27)28)11-19(21)17-4-2-3-5-20(17)26(29,30)31/h2-10,19,21-22H,11-13H2,1H3,(H,34,38)(H,33,35,36). The van der Waals surface area contributed by atoms with Crippen molar-refractivity contribution in [1.29, 1.82) is 0 Å². The van der Waals surface area contributed by atoms with Crippen LogP contribution in [0.15, 0.2) is 54.9 Å². The van der Waals surface area contributed by atoms with E-state index in [1.807, 2.05) is 13.0 Å². The highest BCUT2D eigenvalue weighted by atomic mass is 19.4. The van der Waals surface area contributed by atoms with Crippen molar-refractivity contribution in [3.05, 3.63) is 77.2 Å². The minimum atomic E-state index is -4.63. The number of rotatable bonds is 6. The highest BCUT2D eigenvalue weighted by Crippen LogP contribution is 2.38. The molecule has 1 aliphatic rings. The molecule has 1 aromatic carbocycles. The number of pyridine rings is 2. The molecule has 2 unspecified atom stereocenters. The predicted molar refractivity (Wildman–Crippen MR) is 130 cm³/mol. The zero-order valence-corrected chi connectivity index (χ0v) is 20.1. The number of fused-ring (bicyclic) bond motifs is 1. The molecule has 3 aromatic heterocycles. The topological polar surface area (TPSA) is 86.8 Å². The summed E-state index contributed by atoms with van der Waals surface area (Å²) in [6.45, 7) is 1.17. The van der Waals surface area contributed by atoms with Crippen molar-refractivity contribution in [3.63, 3.8) is 0 Å². The maximum Gasteiger partial charge on any atom is 0.416 e. The third kappa shape index (κ3) is 5.21. The monoisotopic (exact) mass is 530 g/mol. The summed E-state index contributed by atoms with van der Waals surface area (Å²) in [6, 6.07) is 9.42. The lowest BCUT2D eigenvalue weighted by Crippen LogP contribution is -2.40. The molecule has 0 radical (unpaired) electrons. The van der Waals surface area contributed by atoms with Crippen molar-refractivity contribution in [2.24, 2.45) is 0 Å². The number of amides is 1. The Bertz CT molecular complexity index is 1470. The third-order valence-electron chi connectivity index (χ3n) is 6.62. The molecule has 1 aliphatic heterocycles. The highest BCUT2D eigenvalue weighted by molar-refractivity contribution is 6.00. The van der Waals surface area contributed by atoms with Crippen LogP contribution in [0.3, 0.4) is 0 Å². The molecular weight excluding hydrogens is 507 g/mol. The molecule has 0 bridgehead atoms. The van der Waals surface area contributed by atoms with Gasteiger partial charge in [0, 0.05) is 54.1 Å². The summed E-state index contributed by atoms with van der Waals surface area (Å²) in [5.41, 5.74) is 1.84. The SMILES string of the molecule is Cc1cc(-c2n[nH]c3ncc(C(=O)NC4CN(CC(F)F)CC4c4ccccc4C(F)(F)F)cc23)ccn1. The van der Waals surface area contributed by atoms with E-state index in [2.05, 4.69) is 25.5 Å². The van der Waals surface area contributed by atoms with E-state index in [-0.39, 0.29) is 24.2 Å². The van der Waals surface area contributed by atoms with Gasteiger partial charge in [-0.15, -0.1) is 0 Å². The lowest BCUT2D eigenvalue weighted by Gasteiger charge is -2.23. The molecule has 2 atom stereocenters. The number of carbonyl (C=O) groups is 1. The van der Waals surface area contributed by atoms with Crippen LogP contribution in [0.25, 0.3) is 22.3 Å². The molecule has 1 amide bonds. The van der Waals surface area contributed by atoms with Gasteiger partial charge in [-0.25, -0.2) is 13.8 Å². The number of carbonyl (C=O) groups excluding carboxylic acids is 1. The van der Waals surface area contributed by atoms with Crippen LogP contribution in [0.2, 0.25) is 0 Å². The molecule has 2 N–H and O–H groups in total. The molecule has 0 spiro atoms. The van der Waals surface area contributed by atoms with Crippen LogP contribution >= 0.6 is 0 Å². The zero-order chi connectivity index (χ0) is 27.0. The predicted octanol–water partition coefficient (Wildman–Crippen LogP) is 4.81. The van der Waals surface area contributed by atoms with Gasteiger partial charge in [-0.2, -0.15) is 18.3 Å². The lowest BCUT2D eigenvalue weighted by atomic mass is 9.90. The van der Waals surface area contributed by atoms with Gasteiger partial charge in [0.25, 0.3) is 12.3 Å². The summed E-state index contributed by atoms with van der Waals surface area (Å²) in [7, 11) is 0. The van der Waals surface area contributed by atoms with E-state index in [0.29, 0.717) is 16.7 Å². The summed E-state index contributed by atoms with van der Waals surface area (Å²) < 4.78 is 67.5. The first kappa shape index (κ1) is 25.7. The molecule has 4 aromatic rings. The largest absolute Gasteiger partial charge is 0.416 e. The van der Waals surface area contributed by atoms with Gasteiger partial charge in [0.2, 0.25) is 0 Å². The van der Waals surface area contributed by atoms with E-state index in [1.54, 1.807) is 18.3 Å². The number of halogens is 5. The second-order valence-electron chi connectivity index (χ2n) is 9.26. The minimum Gasteiger partial charge on any atom is -0.347 e. The molecule has 7 nitrogen and oxygen atoms in total. The molecule has 0 aliphatic carbocycles. The van der Waals surface area contributed by atoms with Crippen molar-refractivity contribution >= 4 is 16.9 Å². The number of hydrogen-bond donors (Lipinski definition) is 2. The van der Waals surface area contributed by atoms with E-state index in [9.17, 15) is 26.7 Å². The fraction of sp³-hybridized carbons (Fsp3) is 0.308. The fourth-order valence-electron chi connectivity index (χ4n) is 4.96. The lowest BCUT2D eigenvalue weighted by molar-refractivity contribution is -0.138. The maximum absolute atomic E-state index is 13.7. The van der Waals surface area contributed by atoms with Crippen LogP contribution in [-0.2, 0) is 6.18 Å². The second-order valence-corrected chi connectivity index (χ2v) is 9.26. The fourth-order valence-corrected chi connectivity index (χ4v) is 4.96. The molecule has 1 fully saturated rings. The van der Waals surface area contributed by atoms with Crippen LogP contribution in [0.1, 0.15) is 33.1 Å². The number of likely N-dealkylation sites (tertiary alicyclic amines) is 1. The first-order valence-electron chi connectivity index (χ1n) is 11.8. The van der Waals surface area contributed by atoms with Gasteiger partial charge < -0.3 is 5.32 Å². The molecular formula is C26H23F5N6O. The first-order chi connectivity index (χ1) is 18.1. The molecule has 0 saturated carbocycles. The normalized spacial score (nSPS) is 18.4. The number of alkyl halides is 5. The first-order valence-corrected chi connectivity index (χ1v) is 11.8. The van der Waals surface area contributed by atoms with E-state index in [0.717, 1.165) is 17.3 Å². The van der Waals surface area contributed by atoms with Gasteiger partial charge in [0.15, 0.2) is 5.65 Å². The molecule has 4 heterocycles. The number of H-pyrrole nitrogens is 1. The van der Waals surface area contributed by atoms with Crippen molar-refractivity contribution in [1.82, 2.24) is 30.4 Å².